The lowest BCUT2D eigenvalue weighted by atomic mass is 10.2. The van der Waals surface area contributed by atoms with E-state index in [0.717, 1.165) is 5.56 Å². The highest BCUT2D eigenvalue weighted by atomic mass is 35.5. The van der Waals surface area contributed by atoms with Gasteiger partial charge in [-0.05, 0) is 36.8 Å². The lowest BCUT2D eigenvalue weighted by Crippen LogP contribution is -2.21. The molecule has 6 heteroatoms. The minimum atomic E-state index is -0.321. The minimum Gasteiger partial charge on any atom is -0.482 e. The number of carbonyl (C=O) groups is 1. The molecule has 0 heterocycles. The number of nitrogen functional groups attached to an aromatic ring is 1. The molecule has 0 radical (unpaired) electrons. The van der Waals surface area contributed by atoms with Crippen LogP contribution in [0.5, 0.6) is 5.75 Å². The van der Waals surface area contributed by atoms with Crippen LogP contribution in [0.1, 0.15) is 5.56 Å². The Morgan fingerprint density at radius 3 is 2.67 bits per heavy atom. The van der Waals surface area contributed by atoms with Crippen molar-refractivity contribution in [2.45, 2.75) is 6.92 Å². The van der Waals surface area contributed by atoms with Crippen LogP contribution < -0.4 is 15.8 Å². The highest BCUT2D eigenvalue weighted by Crippen LogP contribution is 2.31. The molecule has 0 aromatic heterocycles. The third-order valence-electron chi connectivity index (χ3n) is 2.78. The summed E-state index contributed by atoms with van der Waals surface area (Å²) in [6, 6.07) is 10.3. The zero-order chi connectivity index (χ0) is 15.4. The fraction of sp³-hybridized carbons (Fsp3) is 0.133. The monoisotopic (exact) mass is 324 g/mol. The van der Waals surface area contributed by atoms with Crippen LogP contribution in [0.2, 0.25) is 10.0 Å². The summed E-state index contributed by atoms with van der Waals surface area (Å²) in [5.74, 6) is 0.121. The molecule has 3 N–H and O–H groups in total. The van der Waals surface area contributed by atoms with Gasteiger partial charge in [0.1, 0.15) is 5.75 Å². The highest BCUT2D eigenvalue weighted by Gasteiger charge is 2.11. The molecule has 2 aromatic rings. The van der Waals surface area contributed by atoms with Crippen molar-refractivity contribution in [3.8, 4) is 5.75 Å². The van der Waals surface area contributed by atoms with Gasteiger partial charge < -0.3 is 15.8 Å². The molecule has 0 aliphatic carbocycles. The van der Waals surface area contributed by atoms with E-state index >= 15 is 0 Å². The van der Waals surface area contributed by atoms with E-state index < -0.39 is 0 Å². The Bertz CT molecular complexity index is 651. The standard InChI is InChI=1S/C15H14Cl2N2O2/c1-9-6-10(16)7-11(17)15(9)21-8-14(20)19-13-5-3-2-4-12(13)18/h2-7H,8,18H2,1H3,(H,19,20). The second-order valence-electron chi connectivity index (χ2n) is 4.46. The number of ether oxygens (including phenoxy) is 1. The molecule has 0 aliphatic rings. The van der Waals surface area contributed by atoms with Crippen molar-refractivity contribution in [1.82, 2.24) is 0 Å². The number of nitrogens with two attached hydrogens (primary N) is 1. The van der Waals surface area contributed by atoms with Crippen molar-refractivity contribution in [2.75, 3.05) is 17.7 Å². The smallest absolute Gasteiger partial charge is 0.262 e. The van der Waals surface area contributed by atoms with E-state index in [2.05, 4.69) is 5.32 Å². The van der Waals surface area contributed by atoms with E-state index in [-0.39, 0.29) is 12.5 Å². The van der Waals surface area contributed by atoms with Gasteiger partial charge in [-0.1, -0.05) is 35.3 Å². The molecule has 2 aromatic carbocycles. The van der Waals surface area contributed by atoms with Crippen molar-refractivity contribution >= 4 is 40.5 Å². The number of benzene rings is 2. The molecule has 0 saturated carbocycles. The quantitative estimate of drug-likeness (QED) is 0.838. The Morgan fingerprint density at radius 1 is 1.29 bits per heavy atom. The Kier molecular flexibility index (Phi) is 4.94. The summed E-state index contributed by atoms with van der Waals surface area (Å²) in [6.45, 7) is 1.64. The molecular formula is C15H14Cl2N2O2. The average molecular weight is 325 g/mol. The molecule has 0 fully saturated rings. The molecule has 4 nitrogen and oxygen atoms in total. The van der Waals surface area contributed by atoms with Gasteiger partial charge in [-0.25, -0.2) is 0 Å². The Morgan fingerprint density at radius 2 is 2.00 bits per heavy atom. The van der Waals surface area contributed by atoms with Gasteiger partial charge in [0.25, 0.3) is 5.91 Å². The minimum absolute atomic E-state index is 0.170. The van der Waals surface area contributed by atoms with E-state index in [1.165, 1.54) is 0 Å². The summed E-state index contributed by atoms with van der Waals surface area (Å²) < 4.78 is 5.45. The molecular weight excluding hydrogens is 311 g/mol. The topological polar surface area (TPSA) is 64.3 Å². The van der Waals surface area contributed by atoms with E-state index in [9.17, 15) is 4.79 Å². The van der Waals surface area contributed by atoms with E-state index in [1.807, 2.05) is 0 Å². The predicted molar refractivity (Wildman–Crippen MR) is 86.2 cm³/mol. The van der Waals surface area contributed by atoms with E-state index in [1.54, 1.807) is 43.3 Å². The summed E-state index contributed by atoms with van der Waals surface area (Å²) in [4.78, 5) is 11.9. The van der Waals surface area contributed by atoms with Crippen LogP contribution in [0, 0.1) is 6.92 Å². The molecule has 0 aliphatic heterocycles. The SMILES string of the molecule is Cc1cc(Cl)cc(Cl)c1OCC(=O)Nc1ccccc1N. The molecule has 0 saturated heterocycles. The van der Waals surface area contributed by atoms with Crippen molar-refractivity contribution in [3.05, 3.63) is 52.0 Å². The molecule has 2 rings (SSSR count). The summed E-state index contributed by atoms with van der Waals surface area (Å²) in [5, 5.41) is 3.56. The number of anilines is 2. The van der Waals surface area contributed by atoms with Crippen LogP contribution in [0.25, 0.3) is 0 Å². The number of carbonyl (C=O) groups excluding carboxylic acids is 1. The number of amides is 1. The van der Waals surface area contributed by atoms with Crippen LogP contribution in [0.15, 0.2) is 36.4 Å². The summed E-state index contributed by atoms with van der Waals surface area (Å²) >= 11 is 11.9. The predicted octanol–water partition coefficient (Wildman–Crippen LogP) is 3.90. The fourth-order valence-corrected chi connectivity index (χ4v) is 2.46. The van der Waals surface area contributed by atoms with Crippen molar-refractivity contribution in [3.63, 3.8) is 0 Å². The number of para-hydroxylation sites is 2. The third kappa shape index (κ3) is 4.03. The van der Waals surface area contributed by atoms with Gasteiger partial charge in [-0.3, -0.25) is 4.79 Å². The lowest BCUT2D eigenvalue weighted by molar-refractivity contribution is -0.118. The molecule has 21 heavy (non-hydrogen) atoms. The Hall–Kier alpha value is -1.91. The number of halogens is 2. The first-order chi connectivity index (χ1) is 9.97. The Balaban J connectivity index is 2.01. The lowest BCUT2D eigenvalue weighted by Gasteiger charge is -2.12. The van der Waals surface area contributed by atoms with Gasteiger partial charge in [-0.15, -0.1) is 0 Å². The largest absolute Gasteiger partial charge is 0.482 e. The van der Waals surface area contributed by atoms with Gasteiger partial charge >= 0.3 is 0 Å². The van der Waals surface area contributed by atoms with Gasteiger partial charge in [0.2, 0.25) is 0 Å². The van der Waals surface area contributed by atoms with Crippen LogP contribution >= 0.6 is 23.2 Å². The number of rotatable bonds is 4. The Labute approximate surface area is 132 Å². The average Bonchev–Trinajstić information content (AvgIpc) is 2.40. The number of hydrogen-bond donors (Lipinski definition) is 2. The van der Waals surface area contributed by atoms with Crippen LogP contribution in [-0.2, 0) is 4.79 Å². The van der Waals surface area contributed by atoms with Crippen LogP contribution in [0.3, 0.4) is 0 Å². The zero-order valence-electron chi connectivity index (χ0n) is 11.3. The van der Waals surface area contributed by atoms with Crippen molar-refractivity contribution in [2.24, 2.45) is 0 Å². The van der Waals surface area contributed by atoms with E-state index in [4.69, 9.17) is 33.7 Å². The maximum absolute atomic E-state index is 11.9. The highest BCUT2D eigenvalue weighted by molar-refractivity contribution is 6.35. The van der Waals surface area contributed by atoms with Crippen LogP contribution in [-0.4, -0.2) is 12.5 Å². The number of aryl methyl sites for hydroxylation is 1. The number of hydrogen-bond acceptors (Lipinski definition) is 3. The second-order valence-corrected chi connectivity index (χ2v) is 5.30. The second kappa shape index (κ2) is 6.70. The maximum Gasteiger partial charge on any atom is 0.262 e. The van der Waals surface area contributed by atoms with Gasteiger partial charge in [-0.2, -0.15) is 0 Å². The van der Waals surface area contributed by atoms with Gasteiger partial charge in [0, 0.05) is 5.02 Å². The van der Waals surface area contributed by atoms with Crippen molar-refractivity contribution in [1.29, 1.82) is 0 Å². The first-order valence-electron chi connectivity index (χ1n) is 6.20. The molecule has 0 spiro atoms. The molecule has 0 unspecified atom stereocenters. The molecule has 0 atom stereocenters. The van der Waals surface area contributed by atoms with Crippen molar-refractivity contribution < 1.29 is 9.53 Å². The molecule has 0 bridgehead atoms. The first-order valence-corrected chi connectivity index (χ1v) is 6.96. The zero-order valence-corrected chi connectivity index (χ0v) is 12.8. The van der Waals surface area contributed by atoms with Gasteiger partial charge in [0.15, 0.2) is 6.61 Å². The molecule has 110 valence electrons. The number of nitrogens with one attached hydrogen (secondary N) is 1. The summed E-state index contributed by atoms with van der Waals surface area (Å²) in [6.07, 6.45) is 0. The molecule has 1 amide bonds. The summed E-state index contributed by atoms with van der Waals surface area (Å²) in [5.41, 5.74) is 7.55. The fourth-order valence-electron chi connectivity index (χ4n) is 1.81. The van der Waals surface area contributed by atoms with E-state index in [0.29, 0.717) is 27.2 Å². The van der Waals surface area contributed by atoms with Gasteiger partial charge in [0.05, 0.1) is 16.4 Å². The maximum atomic E-state index is 11.9. The normalized spacial score (nSPS) is 10.2. The summed E-state index contributed by atoms with van der Waals surface area (Å²) in [7, 11) is 0. The first kappa shape index (κ1) is 15.5. The van der Waals surface area contributed by atoms with Crippen LogP contribution in [0.4, 0.5) is 11.4 Å². The third-order valence-corrected chi connectivity index (χ3v) is 3.28.